The number of ether oxygens (including phenoxy) is 1. The number of carbonyl (C=O) groups excluding carboxylic acids is 1. The van der Waals surface area contributed by atoms with Crippen molar-refractivity contribution in [3.05, 3.63) is 53.1 Å². The number of amides is 1. The van der Waals surface area contributed by atoms with Crippen molar-refractivity contribution in [2.24, 2.45) is 0 Å². The molecule has 0 unspecified atom stereocenters. The van der Waals surface area contributed by atoms with Crippen LogP contribution >= 0.6 is 22.9 Å². The molecule has 3 rings (SSSR count). The molecule has 0 aliphatic heterocycles. The Labute approximate surface area is 180 Å². The number of aromatic nitrogens is 1. The first-order valence-corrected chi connectivity index (χ1v) is 10.9. The molecule has 0 saturated carbocycles. The zero-order valence-electron chi connectivity index (χ0n) is 17.0. The van der Waals surface area contributed by atoms with Gasteiger partial charge in [-0.3, -0.25) is 9.69 Å². The molecular formula is C22H26ClN3O2S. The molecule has 3 aromatic rings. The molecule has 0 radical (unpaired) electrons. The summed E-state index contributed by atoms with van der Waals surface area (Å²) in [6, 6.07) is 13.3. The number of halogens is 1. The van der Waals surface area contributed by atoms with E-state index in [0.717, 1.165) is 34.7 Å². The van der Waals surface area contributed by atoms with Gasteiger partial charge in [-0.1, -0.05) is 35.9 Å². The van der Waals surface area contributed by atoms with Gasteiger partial charge in [0.05, 0.1) is 10.2 Å². The fourth-order valence-electron chi connectivity index (χ4n) is 2.92. The number of benzene rings is 2. The molecule has 0 atom stereocenters. The summed E-state index contributed by atoms with van der Waals surface area (Å²) in [4.78, 5) is 21.6. The Kier molecular flexibility index (Phi) is 7.47. The Morgan fingerprint density at radius 3 is 2.59 bits per heavy atom. The topological polar surface area (TPSA) is 45.7 Å². The van der Waals surface area contributed by atoms with Crippen LogP contribution < -0.4 is 9.64 Å². The highest BCUT2D eigenvalue weighted by Gasteiger charge is 2.20. The van der Waals surface area contributed by atoms with E-state index in [1.165, 1.54) is 5.56 Å². The quantitative estimate of drug-likeness (QED) is 0.484. The van der Waals surface area contributed by atoms with Gasteiger partial charge in [0.1, 0.15) is 5.75 Å². The monoisotopic (exact) mass is 431 g/mol. The second-order valence-electron chi connectivity index (χ2n) is 7.10. The van der Waals surface area contributed by atoms with Crippen molar-refractivity contribution in [1.29, 1.82) is 0 Å². The summed E-state index contributed by atoms with van der Waals surface area (Å²) in [7, 11) is 4.06. The Bertz CT molecular complexity index is 956. The van der Waals surface area contributed by atoms with Gasteiger partial charge in [0.25, 0.3) is 5.91 Å². The summed E-state index contributed by atoms with van der Waals surface area (Å²) >= 11 is 7.46. The molecule has 0 bridgehead atoms. The summed E-state index contributed by atoms with van der Waals surface area (Å²) in [5.41, 5.74) is 2.19. The van der Waals surface area contributed by atoms with Crippen molar-refractivity contribution >= 4 is 44.2 Å². The Hall–Kier alpha value is -2.15. The molecular weight excluding hydrogens is 406 g/mol. The Balaban J connectivity index is 1.77. The van der Waals surface area contributed by atoms with Crippen LogP contribution in [0.15, 0.2) is 42.5 Å². The third-order valence-electron chi connectivity index (χ3n) is 4.54. The normalized spacial score (nSPS) is 11.2. The van der Waals surface area contributed by atoms with Crippen LogP contribution in [-0.4, -0.2) is 49.6 Å². The van der Waals surface area contributed by atoms with E-state index in [1.807, 2.05) is 20.2 Å². The van der Waals surface area contributed by atoms with Crippen LogP contribution in [0.4, 0.5) is 5.13 Å². The Morgan fingerprint density at radius 1 is 1.14 bits per heavy atom. The molecule has 2 aromatic carbocycles. The van der Waals surface area contributed by atoms with Gasteiger partial charge in [-0.05, 0) is 75.4 Å². The zero-order chi connectivity index (χ0) is 20.8. The largest absolute Gasteiger partial charge is 0.484 e. The molecule has 29 heavy (non-hydrogen) atoms. The number of nitrogens with zero attached hydrogens (tertiary/aromatic N) is 3. The standard InChI is InChI=1S/C22H26ClN3O2S/c1-4-16-6-11-19-20(14-16)29-22(24-19)26(13-5-12-25(2)3)21(27)15-28-18-9-7-17(23)8-10-18/h6-11,14H,4-5,12-13,15H2,1-3H3. The summed E-state index contributed by atoms with van der Waals surface area (Å²) in [5, 5.41) is 1.35. The number of anilines is 1. The summed E-state index contributed by atoms with van der Waals surface area (Å²) in [5.74, 6) is 0.515. The van der Waals surface area contributed by atoms with E-state index >= 15 is 0 Å². The van der Waals surface area contributed by atoms with E-state index in [9.17, 15) is 4.79 Å². The highest BCUT2D eigenvalue weighted by Crippen LogP contribution is 2.30. The minimum Gasteiger partial charge on any atom is -0.484 e. The van der Waals surface area contributed by atoms with Crippen LogP contribution in [0.1, 0.15) is 18.9 Å². The van der Waals surface area contributed by atoms with Crippen LogP contribution in [0.5, 0.6) is 5.75 Å². The maximum Gasteiger partial charge on any atom is 0.266 e. The molecule has 0 aliphatic rings. The van der Waals surface area contributed by atoms with Crippen LogP contribution in [0.25, 0.3) is 10.2 Å². The van der Waals surface area contributed by atoms with Gasteiger partial charge in [-0.15, -0.1) is 0 Å². The molecule has 1 aromatic heterocycles. The average Bonchev–Trinajstić information content (AvgIpc) is 3.13. The van der Waals surface area contributed by atoms with Crippen LogP contribution in [0.2, 0.25) is 5.02 Å². The van der Waals surface area contributed by atoms with Crippen molar-refractivity contribution in [2.45, 2.75) is 19.8 Å². The smallest absolute Gasteiger partial charge is 0.266 e. The Morgan fingerprint density at radius 2 is 1.90 bits per heavy atom. The number of aryl methyl sites for hydroxylation is 1. The van der Waals surface area contributed by atoms with E-state index in [2.05, 4.69) is 24.0 Å². The molecule has 1 heterocycles. The number of fused-ring (bicyclic) bond motifs is 1. The van der Waals surface area contributed by atoms with Crippen LogP contribution in [0.3, 0.4) is 0 Å². The highest BCUT2D eigenvalue weighted by molar-refractivity contribution is 7.22. The van der Waals surface area contributed by atoms with Gasteiger partial charge >= 0.3 is 0 Å². The molecule has 0 N–H and O–H groups in total. The molecule has 154 valence electrons. The van der Waals surface area contributed by atoms with Crippen molar-refractivity contribution < 1.29 is 9.53 Å². The SMILES string of the molecule is CCc1ccc2nc(N(CCCN(C)C)C(=O)COc3ccc(Cl)cc3)sc2c1. The number of thiazole rings is 1. The summed E-state index contributed by atoms with van der Waals surface area (Å²) in [6.07, 6.45) is 1.83. The molecule has 0 fully saturated rings. The van der Waals surface area contributed by atoms with E-state index in [1.54, 1.807) is 40.5 Å². The van der Waals surface area contributed by atoms with Gasteiger partial charge in [0, 0.05) is 11.6 Å². The van der Waals surface area contributed by atoms with E-state index in [-0.39, 0.29) is 12.5 Å². The van der Waals surface area contributed by atoms with Crippen LogP contribution in [0, 0.1) is 0 Å². The number of hydrogen-bond donors (Lipinski definition) is 0. The molecule has 0 spiro atoms. The fraction of sp³-hybridized carbons (Fsp3) is 0.364. The van der Waals surface area contributed by atoms with E-state index in [4.69, 9.17) is 21.3 Å². The predicted octanol–water partition coefficient (Wildman–Crippen LogP) is 4.88. The summed E-state index contributed by atoms with van der Waals surface area (Å²) < 4.78 is 6.78. The van der Waals surface area contributed by atoms with E-state index < -0.39 is 0 Å². The molecule has 1 amide bonds. The third-order valence-corrected chi connectivity index (χ3v) is 5.84. The van der Waals surface area contributed by atoms with Gasteiger partial charge in [0.2, 0.25) is 0 Å². The van der Waals surface area contributed by atoms with Gasteiger partial charge in [-0.2, -0.15) is 0 Å². The van der Waals surface area contributed by atoms with Gasteiger partial charge in [0.15, 0.2) is 11.7 Å². The third kappa shape index (κ3) is 5.92. The lowest BCUT2D eigenvalue weighted by Gasteiger charge is -2.21. The lowest BCUT2D eigenvalue weighted by molar-refractivity contribution is -0.120. The van der Waals surface area contributed by atoms with Crippen molar-refractivity contribution in [3.8, 4) is 5.75 Å². The second kappa shape index (κ2) is 10.1. The van der Waals surface area contributed by atoms with Gasteiger partial charge < -0.3 is 9.64 Å². The molecule has 7 heteroatoms. The minimum absolute atomic E-state index is 0.0419. The van der Waals surface area contributed by atoms with E-state index in [0.29, 0.717) is 17.3 Å². The first-order valence-electron chi connectivity index (χ1n) is 9.69. The molecule has 0 aliphatic carbocycles. The van der Waals surface area contributed by atoms with Crippen LogP contribution in [-0.2, 0) is 11.2 Å². The average molecular weight is 432 g/mol. The zero-order valence-corrected chi connectivity index (χ0v) is 18.6. The second-order valence-corrected chi connectivity index (χ2v) is 8.54. The first kappa shape index (κ1) is 21.6. The molecule has 5 nitrogen and oxygen atoms in total. The number of rotatable bonds is 9. The molecule has 0 saturated heterocycles. The fourth-order valence-corrected chi connectivity index (χ4v) is 4.12. The lowest BCUT2D eigenvalue weighted by Crippen LogP contribution is -2.36. The minimum atomic E-state index is -0.103. The predicted molar refractivity (Wildman–Crippen MR) is 121 cm³/mol. The van der Waals surface area contributed by atoms with Gasteiger partial charge in [-0.25, -0.2) is 4.98 Å². The number of carbonyl (C=O) groups is 1. The highest BCUT2D eigenvalue weighted by atomic mass is 35.5. The summed E-state index contributed by atoms with van der Waals surface area (Å²) in [6.45, 7) is 3.59. The lowest BCUT2D eigenvalue weighted by atomic mass is 10.2. The van der Waals surface area contributed by atoms with Crippen molar-refractivity contribution in [1.82, 2.24) is 9.88 Å². The first-order chi connectivity index (χ1) is 14.0. The van der Waals surface area contributed by atoms with Crippen molar-refractivity contribution in [2.75, 3.05) is 38.7 Å². The number of hydrogen-bond acceptors (Lipinski definition) is 5. The maximum absolute atomic E-state index is 13.0. The maximum atomic E-state index is 13.0. The van der Waals surface area contributed by atoms with Crippen molar-refractivity contribution in [3.63, 3.8) is 0 Å².